The smallest absolute Gasteiger partial charge is 0.159 e. The Morgan fingerprint density at radius 1 is 1.08 bits per heavy atom. The fraction of sp³-hybridized carbons (Fsp3) is 0.368. The van der Waals surface area contributed by atoms with Crippen LogP contribution >= 0.6 is 0 Å². The molecule has 0 saturated carbocycles. The molecule has 0 aliphatic carbocycles. The fourth-order valence-electron chi connectivity index (χ4n) is 4.12. The molecule has 0 amide bonds. The number of piperazine rings is 1. The molecule has 2 aliphatic heterocycles. The van der Waals surface area contributed by atoms with E-state index in [1.807, 2.05) is 6.07 Å². The van der Waals surface area contributed by atoms with Gasteiger partial charge in [-0.25, -0.2) is 18.7 Å². The standard InChI is InChI=1S/C19H19F2N5/c20-14-4-3-12(10-15(14)21)18-23-16-5-6-22-19(17(16)24-18)26-9-8-25-7-1-2-13(25)11-26/h3-6,10,13H,1-2,7-9,11H2,(H,23,24). The summed E-state index contributed by atoms with van der Waals surface area (Å²) in [7, 11) is 0. The second-order valence-electron chi connectivity index (χ2n) is 7.02. The molecule has 3 aromatic rings. The van der Waals surface area contributed by atoms with Gasteiger partial charge in [-0.2, -0.15) is 0 Å². The SMILES string of the molecule is Fc1ccc(-c2nc3c(N4CCN5CCCC5C4)nccc3[nH]2)cc1F. The highest BCUT2D eigenvalue weighted by Gasteiger charge is 2.31. The lowest BCUT2D eigenvalue weighted by atomic mass is 10.1. The van der Waals surface area contributed by atoms with E-state index in [4.69, 9.17) is 0 Å². The van der Waals surface area contributed by atoms with Crippen LogP contribution in [0.1, 0.15) is 12.8 Å². The Morgan fingerprint density at radius 2 is 2.00 bits per heavy atom. The van der Waals surface area contributed by atoms with Crippen LogP contribution in [0.5, 0.6) is 0 Å². The summed E-state index contributed by atoms with van der Waals surface area (Å²) in [5, 5.41) is 0. The minimum Gasteiger partial charge on any atom is -0.352 e. The maximum Gasteiger partial charge on any atom is 0.159 e. The van der Waals surface area contributed by atoms with E-state index in [1.165, 1.54) is 25.5 Å². The van der Waals surface area contributed by atoms with Gasteiger partial charge in [0.2, 0.25) is 0 Å². The first-order valence-electron chi connectivity index (χ1n) is 8.98. The lowest BCUT2D eigenvalue weighted by Gasteiger charge is -2.38. The van der Waals surface area contributed by atoms with Crippen molar-refractivity contribution < 1.29 is 8.78 Å². The predicted molar refractivity (Wildman–Crippen MR) is 96.0 cm³/mol. The Bertz CT molecular complexity index is 970. The summed E-state index contributed by atoms with van der Waals surface area (Å²) in [6.45, 7) is 4.12. The van der Waals surface area contributed by atoms with Crippen LogP contribution < -0.4 is 4.90 Å². The van der Waals surface area contributed by atoms with Crippen LogP contribution in [-0.4, -0.2) is 52.1 Å². The van der Waals surface area contributed by atoms with E-state index < -0.39 is 11.6 Å². The van der Waals surface area contributed by atoms with Crippen LogP contribution in [0, 0.1) is 11.6 Å². The van der Waals surface area contributed by atoms with Gasteiger partial charge in [0, 0.05) is 37.4 Å². The molecule has 2 aromatic heterocycles. The number of nitrogens with zero attached hydrogens (tertiary/aromatic N) is 4. The number of benzene rings is 1. The van der Waals surface area contributed by atoms with Crippen LogP contribution in [0.4, 0.5) is 14.6 Å². The third-order valence-corrected chi connectivity index (χ3v) is 5.46. The van der Waals surface area contributed by atoms with Crippen molar-refractivity contribution in [1.82, 2.24) is 19.9 Å². The fourth-order valence-corrected chi connectivity index (χ4v) is 4.12. The maximum absolute atomic E-state index is 13.6. The van der Waals surface area contributed by atoms with Crippen molar-refractivity contribution in [1.29, 1.82) is 0 Å². The van der Waals surface area contributed by atoms with E-state index in [2.05, 4.69) is 24.8 Å². The molecule has 7 heteroatoms. The molecular weight excluding hydrogens is 336 g/mol. The summed E-state index contributed by atoms with van der Waals surface area (Å²) in [4.78, 5) is 17.3. The van der Waals surface area contributed by atoms with Crippen molar-refractivity contribution in [2.75, 3.05) is 31.1 Å². The van der Waals surface area contributed by atoms with Gasteiger partial charge in [-0.05, 0) is 43.7 Å². The van der Waals surface area contributed by atoms with Crippen LogP contribution in [0.2, 0.25) is 0 Å². The number of pyridine rings is 1. The third kappa shape index (κ3) is 2.54. The number of aromatic nitrogens is 3. The number of halogens is 2. The summed E-state index contributed by atoms with van der Waals surface area (Å²) in [6.07, 6.45) is 4.26. The predicted octanol–water partition coefficient (Wildman–Crippen LogP) is 3.19. The number of nitrogens with one attached hydrogen (secondary N) is 1. The number of hydrogen-bond acceptors (Lipinski definition) is 4. The number of rotatable bonds is 2. The Hall–Kier alpha value is -2.54. The van der Waals surface area contributed by atoms with Gasteiger partial charge in [-0.1, -0.05) is 0 Å². The van der Waals surface area contributed by atoms with E-state index in [0.717, 1.165) is 48.6 Å². The van der Waals surface area contributed by atoms with Gasteiger partial charge < -0.3 is 9.88 Å². The topological polar surface area (TPSA) is 48.1 Å². The second kappa shape index (κ2) is 6.02. The monoisotopic (exact) mass is 355 g/mol. The zero-order valence-corrected chi connectivity index (χ0v) is 14.3. The minimum atomic E-state index is -0.876. The molecule has 134 valence electrons. The second-order valence-corrected chi connectivity index (χ2v) is 7.02. The van der Waals surface area contributed by atoms with Crippen LogP contribution in [0.15, 0.2) is 30.5 Å². The molecule has 2 fully saturated rings. The highest BCUT2D eigenvalue weighted by molar-refractivity contribution is 5.88. The van der Waals surface area contributed by atoms with E-state index in [1.54, 1.807) is 6.20 Å². The zero-order valence-electron chi connectivity index (χ0n) is 14.3. The normalized spacial score (nSPS) is 20.7. The van der Waals surface area contributed by atoms with Crippen molar-refractivity contribution >= 4 is 16.9 Å². The number of imidazole rings is 1. The lowest BCUT2D eigenvalue weighted by molar-refractivity contribution is 0.230. The van der Waals surface area contributed by atoms with Gasteiger partial charge in [0.1, 0.15) is 11.3 Å². The minimum absolute atomic E-state index is 0.520. The number of H-pyrrole nitrogens is 1. The molecule has 1 aromatic carbocycles. The first-order valence-corrected chi connectivity index (χ1v) is 8.98. The van der Waals surface area contributed by atoms with Crippen molar-refractivity contribution in [2.45, 2.75) is 18.9 Å². The van der Waals surface area contributed by atoms with Crippen molar-refractivity contribution in [2.24, 2.45) is 0 Å². The summed E-state index contributed by atoms with van der Waals surface area (Å²) < 4.78 is 26.8. The van der Waals surface area contributed by atoms with Crippen molar-refractivity contribution in [3.05, 3.63) is 42.1 Å². The molecule has 5 rings (SSSR count). The van der Waals surface area contributed by atoms with E-state index in [0.29, 0.717) is 17.4 Å². The molecule has 1 N–H and O–H groups in total. The molecule has 4 heterocycles. The van der Waals surface area contributed by atoms with Gasteiger partial charge in [0.25, 0.3) is 0 Å². The van der Waals surface area contributed by atoms with Gasteiger partial charge in [-0.15, -0.1) is 0 Å². The number of fused-ring (bicyclic) bond motifs is 2. The summed E-state index contributed by atoms with van der Waals surface area (Å²) in [5.41, 5.74) is 2.15. The Kier molecular flexibility index (Phi) is 3.63. The van der Waals surface area contributed by atoms with E-state index in [9.17, 15) is 8.78 Å². The van der Waals surface area contributed by atoms with Crippen LogP contribution in [-0.2, 0) is 0 Å². The molecule has 2 saturated heterocycles. The molecule has 0 bridgehead atoms. The first-order chi connectivity index (χ1) is 12.7. The maximum atomic E-state index is 13.6. The molecule has 1 atom stereocenters. The molecular formula is C19H19F2N5. The van der Waals surface area contributed by atoms with Gasteiger partial charge in [0.05, 0.1) is 5.52 Å². The first kappa shape index (κ1) is 15.7. The lowest BCUT2D eigenvalue weighted by Crippen LogP contribution is -2.50. The van der Waals surface area contributed by atoms with Crippen LogP contribution in [0.3, 0.4) is 0 Å². The molecule has 5 nitrogen and oxygen atoms in total. The molecule has 0 radical (unpaired) electrons. The largest absolute Gasteiger partial charge is 0.352 e. The summed E-state index contributed by atoms with van der Waals surface area (Å²) in [6, 6.07) is 6.26. The quantitative estimate of drug-likeness (QED) is 0.767. The zero-order chi connectivity index (χ0) is 17.7. The van der Waals surface area contributed by atoms with Gasteiger partial charge in [0.15, 0.2) is 17.5 Å². The van der Waals surface area contributed by atoms with Crippen molar-refractivity contribution in [3.8, 4) is 11.4 Å². The average molecular weight is 355 g/mol. The number of aromatic amines is 1. The highest BCUT2D eigenvalue weighted by atomic mass is 19.2. The Labute approximate surface area is 149 Å². The number of hydrogen-bond donors (Lipinski definition) is 1. The summed E-state index contributed by atoms with van der Waals surface area (Å²) in [5.74, 6) is -0.355. The van der Waals surface area contributed by atoms with E-state index in [-0.39, 0.29) is 0 Å². The average Bonchev–Trinajstić information content (AvgIpc) is 3.29. The Balaban J connectivity index is 1.53. The molecule has 1 unspecified atom stereocenters. The van der Waals surface area contributed by atoms with Crippen LogP contribution in [0.25, 0.3) is 22.4 Å². The molecule has 2 aliphatic rings. The number of anilines is 1. The van der Waals surface area contributed by atoms with E-state index >= 15 is 0 Å². The highest BCUT2D eigenvalue weighted by Crippen LogP contribution is 2.30. The molecule has 26 heavy (non-hydrogen) atoms. The van der Waals surface area contributed by atoms with Gasteiger partial charge in [-0.3, -0.25) is 4.90 Å². The van der Waals surface area contributed by atoms with Crippen molar-refractivity contribution in [3.63, 3.8) is 0 Å². The third-order valence-electron chi connectivity index (χ3n) is 5.46. The van der Waals surface area contributed by atoms with Gasteiger partial charge >= 0.3 is 0 Å². The molecule has 0 spiro atoms. The Morgan fingerprint density at radius 3 is 2.88 bits per heavy atom. The summed E-state index contributed by atoms with van der Waals surface area (Å²) >= 11 is 0.